The number of para-hydroxylation sites is 1. The lowest BCUT2D eigenvalue weighted by molar-refractivity contribution is 0.0673. The molecule has 3 aromatic rings. The molecular weight excluding hydrogens is 411 g/mol. The standard InChI is InChI=1S/C20H22N6O.2ClH/c1-13-18(20(27)25-15-7-8-16(25)12-21-11-9-15)23-24-26(13)17-6-2-4-14-5-3-10-22-19(14)17;;/h2-6,10,15-16,21H,7-9,11-12H2,1H3;2*1H. The number of hydrogen-bond donors (Lipinski definition) is 1. The Morgan fingerprint density at radius 3 is 2.76 bits per heavy atom. The van der Waals surface area contributed by atoms with E-state index < -0.39 is 0 Å². The van der Waals surface area contributed by atoms with Gasteiger partial charge in [0.25, 0.3) is 5.91 Å². The Morgan fingerprint density at radius 1 is 1.10 bits per heavy atom. The Kier molecular flexibility index (Phi) is 6.41. The van der Waals surface area contributed by atoms with Crippen LogP contribution in [0.15, 0.2) is 36.5 Å². The third-order valence-corrected chi connectivity index (χ3v) is 5.83. The third-order valence-electron chi connectivity index (χ3n) is 5.83. The fourth-order valence-corrected chi connectivity index (χ4v) is 4.45. The highest BCUT2D eigenvalue weighted by atomic mass is 35.5. The van der Waals surface area contributed by atoms with Gasteiger partial charge in [-0.1, -0.05) is 23.4 Å². The summed E-state index contributed by atoms with van der Waals surface area (Å²) >= 11 is 0. The second kappa shape index (κ2) is 8.65. The van der Waals surface area contributed by atoms with E-state index in [1.807, 2.05) is 42.2 Å². The Balaban J connectivity index is 0.00000120. The van der Waals surface area contributed by atoms with Crippen molar-refractivity contribution in [2.24, 2.45) is 0 Å². The van der Waals surface area contributed by atoms with Gasteiger partial charge in [0, 0.05) is 30.2 Å². The Labute approximate surface area is 181 Å². The van der Waals surface area contributed by atoms with Crippen molar-refractivity contribution in [1.29, 1.82) is 0 Å². The highest BCUT2D eigenvalue weighted by Crippen LogP contribution is 2.30. The molecule has 0 aliphatic carbocycles. The highest BCUT2D eigenvalue weighted by Gasteiger charge is 2.40. The zero-order valence-corrected chi connectivity index (χ0v) is 17.7. The molecule has 0 spiro atoms. The number of hydrogen-bond acceptors (Lipinski definition) is 5. The minimum atomic E-state index is 0. The van der Waals surface area contributed by atoms with Gasteiger partial charge in [0.1, 0.15) is 0 Å². The van der Waals surface area contributed by atoms with Crippen molar-refractivity contribution < 1.29 is 4.79 Å². The van der Waals surface area contributed by atoms with Gasteiger partial charge in [-0.05, 0) is 44.9 Å². The summed E-state index contributed by atoms with van der Waals surface area (Å²) in [6, 6.07) is 10.5. The van der Waals surface area contributed by atoms with Gasteiger partial charge in [0.2, 0.25) is 0 Å². The average Bonchev–Trinajstić information content (AvgIpc) is 3.19. The van der Waals surface area contributed by atoms with E-state index in [1.165, 1.54) is 0 Å². The molecule has 2 bridgehead atoms. The Morgan fingerprint density at radius 2 is 1.90 bits per heavy atom. The Hall–Kier alpha value is -2.22. The van der Waals surface area contributed by atoms with Crippen molar-refractivity contribution in [3.8, 4) is 5.69 Å². The third kappa shape index (κ3) is 3.58. The molecule has 2 aromatic heterocycles. The molecule has 4 heterocycles. The summed E-state index contributed by atoms with van der Waals surface area (Å²) in [5.74, 6) is 0.00291. The molecular formula is C20H24Cl2N6O. The molecule has 29 heavy (non-hydrogen) atoms. The second-order valence-electron chi connectivity index (χ2n) is 7.38. The number of amides is 1. The number of benzene rings is 1. The number of pyridine rings is 1. The molecule has 1 N–H and O–H groups in total. The first-order valence-electron chi connectivity index (χ1n) is 9.54. The van der Waals surface area contributed by atoms with E-state index in [9.17, 15) is 4.79 Å². The number of carbonyl (C=O) groups excluding carboxylic acids is 1. The number of halogens is 2. The van der Waals surface area contributed by atoms with E-state index in [0.717, 1.165) is 54.6 Å². The molecule has 9 heteroatoms. The molecule has 2 fully saturated rings. The van der Waals surface area contributed by atoms with Gasteiger partial charge in [0.15, 0.2) is 5.69 Å². The smallest absolute Gasteiger partial charge is 0.276 e. The molecule has 7 nitrogen and oxygen atoms in total. The van der Waals surface area contributed by atoms with E-state index in [2.05, 4.69) is 20.6 Å². The SMILES string of the molecule is Cc1c(C(=O)N2C3CCNCC2CC3)nnn1-c1cccc2cccnc12.Cl.Cl. The largest absolute Gasteiger partial charge is 0.330 e. The summed E-state index contributed by atoms with van der Waals surface area (Å²) in [6.45, 7) is 3.74. The van der Waals surface area contributed by atoms with Gasteiger partial charge in [-0.25, -0.2) is 4.68 Å². The average molecular weight is 435 g/mol. The number of aromatic nitrogens is 4. The van der Waals surface area contributed by atoms with Crippen molar-refractivity contribution in [2.45, 2.75) is 38.3 Å². The molecule has 5 rings (SSSR count). The van der Waals surface area contributed by atoms with Crippen LogP contribution in [-0.2, 0) is 0 Å². The summed E-state index contributed by atoms with van der Waals surface area (Å²) < 4.78 is 1.74. The normalized spacial score (nSPS) is 20.7. The highest BCUT2D eigenvalue weighted by molar-refractivity contribution is 5.94. The van der Waals surface area contributed by atoms with Crippen LogP contribution in [0.2, 0.25) is 0 Å². The molecule has 154 valence electrons. The van der Waals surface area contributed by atoms with Crippen LogP contribution in [0.25, 0.3) is 16.6 Å². The number of rotatable bonds is 2. The van der Waals surface area contributed by atoms with Crippen molar-refractivity contribution >= 4 is 41.6 Å². The van der Waals surface area contributed by atoms with Crippen LogP contribution < -0.4 is 5.32 Å². The number of fused-ring (bicyclic) bond motifs is 3. The molecule has 2 saturated heterocycles. The molecule has 1 aromatic carbocycles. The summed E-state index contributed by atoms with van der Waals surface area (Å²) in [4.78, 5) is 19.9. The fourth-order valence-electron chi connectivity index (χ4n) is 4.45. The van der Waals surface area contributed by atoms with Crippen LogP contribution in [0.5, 0.6) is 0 Å². The van der Waals surface area contributed by atoms with E-state index in [4.69, 9.17) is 0 Å². The summed E-state index contributed by atoms with van der Waals surface area (Å²) in [6.07, 6.45) is 4.91. The van der Waals surface area contributed by atoms with Gasteiger partial charge < -0.3 is 10.2 Å². The van der Waals surface area contributed by atoms with Crippen molar-refractivity contribution in [1.82, 2.24) is 30.2 Å². The van der Waals surface area contributed by atoms with E-state index in [0.29, 0.717) is 11.7 Å². The maximum Gasteiger partial charge on any atom is 0.276 e. The Bertz CT molecular complexity index is 1000. The lowest BCUT2D eigenvalue weighted by Gasteiger charge is -2.27. The van der Waals surface area contributed by atoms with Gasteiger partial charge in [-0.15, -0.1) is 29.9 Å². The van der Waals surface area contributed by atoms with E-state index >= 15 is 0 Å². The van der Waals surface area contributed by atoms with Gasteiger partial charge >= 0.3 is 0 Å². The van der Waals surface area contributed by atoms with Crippen molar-refractivity contribution in [3.63, 3.8) is 0 Å². The van der Waals surface area contributed by atoms with Crippen LogP contribution in [0.3, 0.4) is 0 Å². The molecule has 2 atom stereocenters. The van der Waals surface area contributed by atoms with Gasteiger partial charge in [-0.2, -0.15) is 0 Å². The first-order valence-corrected chi connectivity index (χ1v) is 9.54. The van der Waals surface area contributed by atoms with Crippen molar-refractivity contribution in [2.75, 3.05) is 13.1 Å². The lowest BCUT2D eigenvalue weighted by Crippen LogP contribution is -2.43. The van der Waals surface area contributed by atoms with Gasteiger partial charge in [-0.3, -0.25) is 9.78 Å². The quantitative estimate of drug-likeness (QED) is 0.670. The molecule has 0 radical (unpaired) electrons. The van der Waals surface area contributed by atoms with E-state index in [1.54, 1.807) is 10.9 Å². The van der Waals surface area contributed by atoms with Crippen molar-refractivity contribution in [3.05, 3.63) is 47.9 Å². The maximum atomic E-state index is 13.3. The number of carbonyl (C=O) groups is 1. The molecule has 0 saturated carbocycles. The van der Waals surface area contributed by atoms with E-state index in [-0.39, 0.29) is 36.8 Å². The molecule has 2 aliphatic rings. The summed E-state index contributed by atoms with van der Waals surface area (Å²) in [5.41, 5.74) is 2.90. The zero-order valence-electron chi connectivity index (χ0n) is 16.1. The number of nitrogens with zero attached hydrogens (tertiary/aromatic N) is 5. The van der Waals surface area contributed by atoms with Gasteiger partial charge in [0.05, 0.1) is 16.9 Å². The number of nitrogens with one attached hydrogen (secondary N) is 1. The monoisotopic (exact) mass is 434 g/mol. The van der Waals surface area contributed by atoms with Crippen LogP contribution >= 0.6 is 24.8 Å². The van der Waals surface area contributed by atoms with Crippen LogP contribution in [0.4, 0.5) is 0 Å². The zero-order chi connectivity index (χ0) is 18.4. The minimum Gasteiger partial charge on any atom is -0.330 e. The van der Waals surface area contributed by atoms with Crippen LogP contribution in [0.1, 0.15) is 35.4 Å². The first-order chi connectivity index (χ1) is 13.2. The minimum absolute atomic E-state index is 0. The molecule has 2 aliphatic heterocycles. The first kappa shape index (κ1) is 21.5. The second-order valence-corrected chi connectivity index (χ2v) is 7.38. The molecule has 2 unspecified atom stereocenters. The van der Waals surface area contributed by atoms with Crippen LogP contribution in [0, 0.1) is 6.92 Å². The lowest BCUT2D eigenvalue weighted by atomic mass is 10.1. The fraction of sp³-hybridized carbons (Fsp3) is 0.400. The van der Waals surface area contributed by atoms with Crippen LogP contribution in [-0.4, -0.2) is 56.0 Å². The summed E-state index contributed by atoms with van der Waals surface area (Å²) in [5, 5.41) is 13.1. The predicted molar refractivity (Wildman–Crippen MR) is 116 cm³/mol. The predicted octanol–water partition coefficient (Wildman–Crippen LogP) is 2.93. The molecule has 1 amide bonds. The topological polar surface area (TPSA) is 75.9 Å². The summed E-state index contributed by atoms with van der Waals surface area (Å²) in [7, 11) is 0. The maximum absolute atomic E-state index is 13.3.